The average molecular weight is 246 g/mol. The van der Waals surface area contributed by atoms with Gasteiger partial charge < -0.3 is 9.84 Å². The van der Waals surface area contributed by atoms with Crippen molar-refractivity contribution in [2.24, 2.45) is 0 Å². The molecule has 0 fully saturated rings. The molecule has 0 amide bonds. The SMILES string of the molecule is O=Cc1cccc(F)c1Oc1ccc(CO)cc1. The first-order valence-electron chi connectivity index (χ1n) is 5.36. The highest BCUT2D eigenvalue weighted by atomic mass is 19.1. The Morgan fingerprint density at radius 1 is 1.17 bits per heavy atom. The molecule has 0 heterocycles. The molecule has 18 heavy (non-hydrogen) atoms. The van der Waals surface area contributed by atoms with Crippen LogP contribution in [0.25, 0.3) is 0 Å². The molecule has 92 valence electrons. The molecular formula is C14H11FO3. The lowest BCUT2D eigenvalue weighted by Crippen LogP contribution is -1.94. The number of carbonyl (C=O) groups excluding carboxylic acids is 1. The van der Waals surface area contributed by atoms with Gasteiger partial charge in [0.1, 0.15) is 5.75 Å². The zero-order valence-electron chi connectivity index (χ0n) is 9.47. The molecule has 0 aliphatic carbocycles. The van der Waals surface area contributed by atoms with Crippen LogP contribution in [0.4, 0.5) is 4.39 Å². The highest BCUT2D eigenvalue weighted by molar-refractivity contribution is 5.79. The van der Waals surface area contributed by atoms with Gasteiger partial charge in [-0.05, 0) is 29.8 Å². The van der Waals surface area contributed by atoms with Crippen molar-refractivity contribution >= 4 is 6.29 Å². The van der Waals surface area contributed by atoms with E-state index < -0.39 is 5.82 Å². The molecule has 0 aliphatic rings. The van der Waals surface area contributed by atoms with E-state index in [1.807, 2.05) is 0 Å². The molecule has 3 nitrogen and oxygen atoms in total. The molecule has 0 saturated heterocycles. The molecule has 0 aromatic heterocycles. The summed E-state index contributed by atoms with van der Waals surface area (Å²) in [6.07, 6.45) is 0.542. The molecular weight excluding hydrogens is 235 g/mol. The molecule has 2 aromatic rings. The average Bonchev–Trinajstić information content (AvgIpc) is 2.42. The first kappa shape index (κ1) is 12.3. The van der Waals surface area contributed by atoms with E-state index >= 15 is 0 Å². The monoisotopic (exact) mass is 246 g/mol. The quantitative estimate of drug-likeness (QED) is 0.844. The van der Waals surface area contributed by atoms with Gasteiger partial charge in [-0.25, -0.2) is 4.39 Å². The second-order valence-corrected chi connectivity index (χ2v) is 3.68. The van der Waals surface area contributed by atoms with Crippen LogP contribution in [0.5, 0.6) is 11.5 Å². The maximum absolute atomic E-state index is 13.5. The number of carbonyl (C=O) groups is 1. The van der Waals surface area contributed by atoms with Gasteiger partial charge in [0.2, 0.25) is 0 Å². The normalized spacial score (nSPS) is 10.1. The van der Waals surface area contributed by atoms with Gasteiger partial charge in [0.25, 0.3) is 0 Å². The van der Waals surface area contributed by atoms with E-state index in [1.54, 1.807) is 24.3 Å². The van der Waals surface area contributed by atoms with Crippen LogP contribution in [0.2, 0.25) is 0 Å². The molecule has 0 unspecified atom stereocenters. The summed E-state index contributed by atoms with van der Waals surface area (Å²) in [6, 6.07) is 10.7. The van der Waals surface area contributed by atoms with Gasteiger partial charge in [-0.2, -0.15) is 0 Å². The minimum Gasteiger partial charge on any atom is -0.454 e. The fourth-order valence-electron chi connectivity index (χ4n) is 1.51. The summed E-state index contributed by atoms with van der Waals surface area (Å²) < 4.78 is 18.9. The fraction of sp³-hybridized carbons (Fsp3) is 0.0714. The number of para-hydroxylation sites is 1. The summed E-state index contributed by atoms with van der Waals surface area (Å²) in [5.74, 6) is -0.282. The molecule has 0 radical (unpaired) electrons. The first-order valence-corrected chi connectivity index (χ1v) is 5.36. The minimum absolute atomic E-state index is 0.0699. The van der Waals surface area contributed by atoms with Crippen molar-refractivity contribution in [3.8, 4) is 11.5 Å². The van der Waals surface area contributed by atoms with Crippen LogP contribution in [0.15, 0.2) is 42.5 Å². The lowest BCUT2D eigenvalue weighted by atomic mass is 10.2. The van der Waals surface area contributed by atoms with E-state index in [2.05, 4.69) is 0 Å². The molecule has 4 heteroatoms. The molecule has 2 aromatic carbocycles. The van der Waals surface area contributed by atoms with Gasteiger partial charge in [0.15, 0.2) is 17.9 Å². The lowest BCUT2D eigenvalue weighted by Gasteiger charge is -2.09. The van der Waals surface area contributed by atoms with Crippen molar-refractivity contribution < 1.29 is 19.0 Å². The summed E-state index contributed by atoms with van der Waals surface area (Å²) >= 11 is 0. The molecule has 0 spiro atoms. The van der Waals surface area contributed by atoms with Crippen LogP contribution in [0, 0.1) is 5.82 Å². The largest absolute Gasteiger partial charge is 0.454 e. The Labute approximate surface area is 103 Å². The minimum atomic E-state index is -0.592. The smallest absolute Gasteiger partial charge is 0.173 e. The topological polar surface area (TPSA) is 46.5 Å². The van der Waals surface area contributed by atoms with Gasteiger partial charge in [-0.15, -0.1) is 0 Å². The number of aliphatic hydroxyl groups excluding tert-OH is 1. The number of halogens is 1. The van der Waals surface area contributed by atoms with Crippen LogP contribution in [-0.2, 0) is 6.61 Å². The van der Waals surface area contributed by atoms with Crippen molar-refractivity contribution in [2.75, 3.05) is 0 Å². The van der Waals surface area contributed by atoms with Crippen LogP contribution in [-0.4, -0.2) is 11.4 Å². The zero-order chi connectivity index (χ0) is 13.0. The number of aliphatic hydroxyl groups is 1. The summed E-state index contributed by atoms with van der Waals surface area (Å²) in [4.78, 5) is 10.8. The Morgan fingerprint density at radius 3 is 2.50 bits per heavy atom. The van der Waals surface area contributed by atoms with Gasteiger partial charge in [0.05, 0.1) is 12.2 Å². The predicted octanol–water partition coefficient (Wildman–Crippen LogP) is 2.92. The first-order chi connectivity index (χ1) is 8.74. The number of hydrogen-bond donors (Lipinski definition) is 1. The Kier molecular flexibility index (Phi) is 3.69. The third-order valence-electron chi connectivity index (χ3n) is 2.45. The van der Waals surface area contributed by atoms with E-state index in [0.717, 1.165) is 5.56 Å². The number of aldehydes is 1. The fourth-order valence-corrected chi connectivity index (χ4v) is 1.51. The van der Waals surface area contributed by atoms with Crippen LogP contribution >= 0.6 is 0 Å². The molecule has 0 bridgehead atoms. The number of hydrogen-bond acceptors (Lipinski definition) is 3. The molecule has 1 N–H and O–H groups in total. The molecule has 0 saturated carbocycles. The Hall–Kier alpha value is -2.20. The van der Waals surface area contributed by atoms with Crippen molar-refractivity contribution in [3.05, 3.63) is 59.4 Å². The highest BCUT2D eigenvalue weighted by Crippen LogP contribution is 2.27. The molecule has 2 rings (SSSR count). The standard InChI is InChI=1S/C14H11FO3/c15-13-3-1-2-11(9-17)14(13)18-12-6-4-10(8-16)5-7-12/h1-7,9,16H,8H2. The van der Waals surface area contributed by atoms with Gasteiger partial charge >= 0.3 is 0 Å². The van der Waals surface area contributed by atoms with Gasteiger partial charge in [-0.1, -0.05) is 18.2 Å². The van der Waals surface area contributed by atoms with Crippen molar-refractivity contribution in [3.63, 3.8) is 0 Å². The van der Waals surface area contributed by atoms with E-state index in [1.165, 1.54) is 18.2 Å². The summed E-state index contributed by atoms with van der Waals surface area (Å²) in [5.41, 5.74) is 0.882. The third-order valence-corrected chi connectivity index (χ3v) is 2.45. The summed E-state index contributed by atoms with van der Waals surface area (Å²) in [7, 11) is 0. The second kappa shape index (κ2) is 5.42. The van der Waals surface area contributed by atoms with E-state index in [9.17, 15) is 9.18 Å². The third kappa shape index (κ3) is 2.55. The van der Waals surface area contributed by atoms with Gasteiger partial charge in [0, 0.05) is 0 Å². The van der Waals surface area contributed by atoms with E-state index in [-0.39, 0.29) is 17.9 Å². The number of benzene rings is 2. The predicted molar refractivity (Wildman–Crippen MR) is 64.2 cm³/mol. The maximum Gasteiger partial charge on any atom is 0.173 e. The number of ether oxygens (including phenoxy) is 1. The second-order valence-electron chi connectivity index (χ2n) is 3.68. The summed E-state index contributed by atoms with van der Waals surface area (Å²) in [5, 5.41) is 8.90. The molecule has 0 aliphatic heterocycles. The van der Waals surface area contributed by atoms with Crippen molar-refractivity contribution in [1.82, 2.24) is 0 Å². The lowest BCUT2D eigenvalue weighted by molar-refractivity contribution is 0.112. The van der Waals surface area contributed by atoms with Crippen LogP contribution in [0.3, 0.4) is 0 Å². The highest BCUT2D eigenvalue weighted by Gasteiger charge is 2.10. The van der Waals surface area contributed by atoms with Crippen LogP contribution in [0.1, 0.15) is 15.9 Å². The van der Waals surface area contributed by atoms with Gasteiger partial charge in [-0.3, -0.25) is 4.79 Å². The van der Waals surface area contributed by atoms with Crippen molar-refractivity contribution in [1.29, 1.82) is 0 Å². The van der Waals surface area contributed by atoms with E-state index in [4.69, 9.17) is 9.84 Å². The number of rotatable bonds is 4. The Morgan fingerprint density at radius 2 is 1.89 bits per heavy atom. The zero-order valence-corrected chi connectivity index (χ0v) is 9.47. The van der Waals surface area contributed by atoms with Crippen molar-refractivity contribution in [2.45, 2.75) is 6.61 Å². The molecule has 0 atom stereocenters. The van der Waals surface area contributed by atoms with Crippen LogP contribution < -0.4 is 4.74 Å². The van der Waals surface area contributed by atoms with E-state index in [0.29, 0.717) is 12.0 Å². The summed E-state index contributed by atoms with van der Waals surface area (Å²) in [6.45, 7) is -0.0699. The Balaban J connectivity index is 2.30. The maximum atomic E-state index is 13.5. The Bertz CT molecular complexity index is 549.